The van der Waals surface area contributed by atoms with E-state index < -0.39 is 7.82 Å². The maximum absolute atomic E-state index is 11.7. The zero-order valence-electron chi connectivity index (χ0n) is 19.6. The molecule has 0 aromatic heterocycles. The molecule has 0 aliphatic carbocycles. The van der Waals surface area contributed by atoms with Gasteiger partial charge in [-0.05, 0) is 44.9 Å². The van der Waals surface area contributed by atoms with Gasteiger partial charge in [-0.15, -0.1) is 0 Å². The van der Waals surface area contributed by atoms with E-state index in [0.717, 1.165) is 32.1 Å². The predicted molar refractivity (Wildman–Crippen MR) is 132 cm³/mol. The molecule has 1 amide bonds. The third kappa shape index (κ3) is 23.2. The summed E-state index contributed by atoms with van der Waals surface area (Å²) < 4.78 is 20.7. The van der Waals surface area contributed by atoms with Crippen LogP contribution in [-0.2, 0) is 18.4 Å². The van der Waals surface area contributed by atoms with E-state index in [4.69, 9.17) is 10.3 Å². The molecule has 0 fully saturated rings. The molecule has 0 saturated heterocycles. The second-order valence-corrected chi connectivity index (χ2v) is 8.71. The summed E-state index contributed by atoms with van der Waals surface area (Å²) in [6.45, 7) is 2.35. The van der Waals surface area contributed by atoms with Crippen molar-refractivity contribution in [1.29, 1.82) is 0 Å². The van der Waals surface area contributed by atoms with Crippen molar-refractivity contribution in [1.82, 2.24) is 5.32 Å². The van der Waals surface area contributed by atoms with Crippen LogP contribution in [0.2, 0.25) is 0 Å². The predicted octanol–water partition coefficient (Wildman–Crippen LogP) is 5.34. The smallest absolute Gasteiger partial charge is 0.354 e. The summed E-state index contributed by atoms with van der Waals surface area (Å²) in [4.78, 5) is 21.0. The maximum Gasteiger partial charge on any atom is 0.472 e. The first-order valence-electron chi connectivity index (χ1n) is 11.7. The Kier molecular flexibility index (Phi) is 21.6. The molecule has 0 aromatic carbocycles. The molecule has 0 bridgehead atoms. The van der Waals surface area contributed by atoms with E-state index in [0.29, 0.717) is 6.42 Å². The van der Waals surface area contributed by atoms with Gasteiger partial charge >= 0.3 is 7.82 Å². The van der Waals surface area contributed by atoms with Gasteiger partial charge in [0, 0.05) is 19.5 Å². The van der Waals surface area contributed by atoms with Gasteiger partial charge in [-0.3, -0.25) is 13.8 Å². The molecule has 0 heterocycles. The van der Waals surface area contributed by atoms with Crippen molar-refractivity contribution in [2.45, 2.75) is 71.1 Å². The lowest BCUT2D eigenvalue weighted by molar-refractivity contribution is -0.121. The Hall–Kier alpha value is -1.50. The number of allylic oxidation sites excluding steroid dienone is 8. The van der Waals surface area contributed by atoms with Crippen molar-refractivity contribution in [3.8, 4) is 0 Å². The number of hydrogen-bond acceptors (Lipinski definition) is 5. The van der Waals surface area contributed by atoms with Crippen LogP contribution in [-0.4, -0.2) is 37.1 Å². The first-order valence-corrected chi connectivity index (χ1v) is 13.2. The quantitative estimate of drug-likeness (QED) is 0.119. The highest BCUT2D eigenvalue weighted by Crippen LogP contribution is 2.42. The van der Waals surface area contributed by atoms with Crippen molar-refractivity contribution >= 4 is 13.7 Å². The SMILES string of the molecule is CCCCC/C=C\C/C=C\CC=CC/C=C\CCCC(=O)NCCOP(=O)(O)OCCN. The third-order valence-electron chi connectivity index (χ3n) is 4.28. The van der Waals surface area contributed by atoms with Gasteiger partial charge in [0.05, 0.1) is 13.2 Å². The molecule has 1 unspecified atom stereocenters. The van der Waals surface area contributed by atoms with E-state index in [2.05, 4.69) is 65.4 Å². The molecule has 7 nitrogen and oxygen atoms in total. The van der Waals surface area contributed by atoms with Crippen molar-refractivity contribution in [2.75, 3.05) is 26.3 Å². The summed E-state index contributed by atoms with van der Waals surface area (Å²) in [5.74, 6) is -0.111. The molecule has 4 N–H and O–H groups in total. The van der Waals surface area contributed by atoms with Crippen LogP contribution in [0.15, 0.2) is 48.6 Å². The maximum atomic E-state index is 11.7. The van der Waals surface area contributed by atoms with Crippen molar-refractivity contribution < 1.29 is 23.3 Å². The number of amides is 1. The Labute approximate surface area is 194 Å². The summed E-state index contributed by atoms with van der Waals surface area (Å²) in [6, 6.07) is 0. The van der Waals surface area contributed by atoms with E-state index >= 15 is 0 Å². The lowest BCUT2D eigenvalue weighted by Gasteiger charge is -2.11. The van der Waals surface area contributed by atoms with Crippen molar-refractivity contribution in [3.63, 3.8) is 0 Å². The average molecular weight is 471 g/mol. The molecular formula is C24H43N2O5P. The van der Waals surface area contributed by atoms with Crippen LogP contribution in [0, 0.1) is 0 Å². The van der Waals surface area contributed by atoms with E-state index in [1.54, 1.807) is 0 Å². The van der Waals surface area contributed by atoms with Crippen LogP contribution >= 0.6 is 7.82 Å². The summed E-state index contributed by atoms with van der Waals surface area (Å²) in [7, 11) is -4.08. The fourth-order valence-corrected chi connectivity index (χ4v) is 3.32. The van der Waals surface area contributed by atoms with Gasteiger partial charge in [-0.25, -0.2) is 4.57 Å². The molecule has 0 aromatic rings. The zero-order chi connectivity index (χ0) is 23.8. The fourth-order valence-electron chi connectivity index (χ4n) is 2.59. The lowest BCUT2D eigenvalue weighted by Crippen LogP contribution is -2.26. The van der Waals surface area contributed by atoms with Crippen LogP contribution in [0.1, 0.15) is 71.1 Å². The zero-order valence-corrected chi connectivity index (χ0v) is 20.5. The number of carbonyl (C=O) groups excluding carboxylic acids is 1. The van der Waals surface area contributed by atoms with Crippen molar-refractivity contribution in [2.24, 2.45) is 5.73 Å². The topological polar surface area (TPSA) is 111 Å². The molecule has 0 spiro atoms. The molecule has 0 aliphatic heterocycles. The highest BCUT2D eigenvalue weighted by atomic mass is 31.2. The first kappa shape index (κ1) is 30.5. The number of nitrogens with two attached hydrogens (primary N) is 1. The molecule has 0 radical (unpaired) electrons. The molecule has 0 rings (SSSR count). The monoisotopic (exact) mass is 470 g/mol. The minimum absolute atomic E-state index is 0.0579. The van der Waals surface area contributed by atoms with Gasteiger partial charge in [-0.2, -0.15) is 0 Å². The van der Waals surface area contributed by atoms with E-state index in [9.17, 15) is 14.3 Å². The standard InChI is InChI=1S/C24H43N2O5P/c1-2-3-4-5-6-7-8-9-10-11-12-13-14-15-16-17-18-19-24(27)26-21-23-31-32(28,29)30-22-20-25/h6-7,9-10,12-13,15-16H,2-5,8,11,14,17-23,25H2,1H3,(H,26,27)(H,28,29)/b7-6-,10-9-,13-12?,16-15-. The average Bonchev–Trinajstić information content (AvgIpc) is 2.77. The summed E-state index contributed by atoms with van der Waals surface area (Å²) in [6.07, 6.45) is 27.3. The number of nitrogens with one attached hydrogen (secondary N) is 1. The summed E-state index contributed by atoms with van der Waals surface area (Å²) >= 11 is 0. The van der Waals surface area contributed by atoms with Gasteiger partial charge in [0.15, 0.2) is 0 Å². The number of unbranched alkanes of at least 4 members (excludes halogenated alkanes) is 4. The van der Waals surface area contributed by atoms with Gasteiger partial charge < -0.3 is 15.9 Å². The number of hydrogen-bond donors (Lipinski definition) is 3. The minimum Gasteiger partial charge on any atom is -0.354 e. The second kappa shape index (κ2) is 22.7. The highest BCUT2D eigenvalue weighted by Gasteiger charge is 2.19. The van der Waals surface area contributed by atoms with Crippen LogP contribution in [0.25, 0.3) is 0 Å². The number of phosphoric ester groups is 1. The molecule has 32 heavy (non-hydrogen) atoms. The number of rotatable bonds is 21. The van der Waals surface area contributed by atoms with E-state index in [1.165, 1.54) is 25.7 Å². The molecule has 0 aliphatic rings. The van der Waals surface area contributed by atoms with Gasteiger partial charge in [-0.1, -0.05) is 68.4 Å². The molecule has 8 heteroatoms. The second-order valence-electron chi connectivity index (χ2n) is 7.25. The molecular weight excluding hydrogens is 427 g/mol. The normalized spacial score (nSPS) is 14.2. The Balaban J connectivity index is 3.58. The van der Waals surface area contributed by atoms with Crippen molar-refractivity contribution in [3.05, 3.63) is 48.6 Å². The van der Waals surface area contributed by atoms with Crippen LogP contribution in [0.5, 0.6) is 0 Å². The first-order chi connectivity index (χ1) is 15.5. The Morgan fingerprint density at radius 3 is 1.97 bits per heavy atom. The molecule has 184 valence electrons. The van der Waals surface area contributed by atoms with E-state index in [-0.39, 0.29) is 32.2 Å². The molecule has 1 atom stereocenters. The fraction of sp³-hybridized carbons (Fsp3) is 0.625. The Morgan fingerprint density at radius 1 is 0.875 bits per heavy atom. The van der Waals surface area contributed by atoms with Crippen LogP contribution in [0.3, 0.4) is 0 Å². The third-order valence-corrected chi connectivity index (χ3v) is 5.30. The highest BCUT2D eigenvalue weighted by molar-refractivity contribution is 7.47. The van der Waals surface area contributed by atoms with Gasteiger partial charge in [0.1, 0.15) is 0 Å². The van der Waals surface area contributed by atoms with Crippen LogP contribution in [0.4, 0.5) is 0 Å². The summed E-state index contributed by atoms with van der Waals surface area (Å²) in [5, 5.41) is 2.64. The number of carbonyl (C=O) groups is 1. The summed E-state index contributed by atoms with van der Waals surface area (Å²) in [5.41, 5.74) is 5.18. The van der Waals surface area contributed by atoms with Gasteiger partial charge in [0.2, 0.25) is 5.91 Å². The minimum atomic E-state index is -4.08. The molecule has 0 saturated carbocycles. The largest absolute Gasteiger partial charge is 0.472 e. The number of phosphoric acid groups is 1. The van der Waals surface area contributed by atoms with Crippen LogP contribution < -0.4 is 11.1 Å². The Bertz CT molecular complexity index is 618. The van der Waals surface area contributed by atoms with Gasteiger partial charge in [0.25, 0.3) is 0 Å². The van der Waals surface area contributed by atoms with E-state index in [1.807, 2.05) is 0 Å². The Morgan fingerprint density at radius 2 is 1.41 bits per heavy atom. The lowest BCUT2D eigenvalue weighted by atomic mass is 10.2.